The van der Waals surface area contributed by atoms with E-state index >= 15 is 0 Å². The van der Waals surface area contributed by atoms with Crippen molar-refractivity contribution in [3.63, 3.8) is 0 Å². The van der Waals surface area contributed by atoms with Gasteiger partial charge in [-0.15, -0.1) is 11.8 Å². The lowest BCUT2D eigenvalue weighted by Crippen LogP contribution is -2.39. The number of carbonyl (C=O) groups is 2. The molecule has 1 N–H and O–H groups in total. The number of anilines is 1. The molecule has 0 saturated carbocycles. The van der Waals surface area contributed by atoms with E-state index in [1.807, 2.05) is 29.2 Å². The Kier molecular flexibility index (Phi) is 6.72. The predicted octanol–water partition coefficient (Wildman–Crippen LogP) is 4.16. The van der Waals surface area contributed by atoms with Crippen LogP contribution in [0.4, 0.5) is 5.69 Å². The second-order valence-corrected chi connectivity index (χ2v) is 8.04. The maximum absolute atomic E-state index is 13.0. The second-order valence-electron chi connectivity index (χ2n) is 7.02. The molecule has 1 unspecified atom stereocenters. The summed E-state index contributed by atoms with van der Waals surface area (Å²) in [6.07, 6.45) is 2.19. The zero-order valence-corrected chi connectivity index (χ0v) is 16.7. The smallest absolute Gasteiger partial charge is 0.254 e. The fourth-order valence-electron chi connectivity index (χ4n) is 3.32. The number of piperidine rings is 1. The molecule has 0 aromatic heterocycles. The van der Waals surface area contributed by atoms with Gasteiger partial charge < -0.3 is 10.2 Å². The fraction of sp³-hybridized carbons (Fsp3) is 0.318. The molecule has 6 heteroatoms. The van der Waals surface area contributed by atoms with Gasteiger partial charge in [-0.3, -0.25) is 9.59 Å². The first kappa shape index (κ1) is 20.0. The molecule has 1 aliphatic heterocycles. The van der Waals surface area contributed by atoms with E-state index in [1.165, 1.54) is 11.8 Å². The van der Waals surface area contributed by atoms with E-state index in [-0.39, 0.29) is 17.6 Å². The lowest BCUT2D eigenvalue weighted by atomic mass is 9.99. The van der Waals surface area contributed by atoms with Crippen molar-refractivity contribution in [2.75, 3.05) is 24.2 Å². The van der Waals surface area contributed by atoms with Crippen molar-refractivity contribution in [1.82, 2.24) is 4.90 Å². The van der Waals surface area contributed by atoms with Gasteiger partial charge in [-0.1, -0.05) is 25.1 Å². The Bertz CT molecular complexity index is 907. The standard InChI is InChI=1S/C22H23N3O2S/c1-16-6-5-11-25(14-16)22(27)19-9-2-3-10-20(19)28-15-21(26)24-18-8-4-7-17(12-18)13-23/h2-4,7-10,12,16H,5-6,11,14-15H2,1H3,(H,24,26). The molecule has 0 radical (unpaired) electrons. The van der Waals surface area contributed by atoms with E-state index in [2.05, 4.69) is 18.3 Å². The van der Waals surface area contributed by atoms with Crippen molar-refractivity contribution in [3.05, 3.63) is 59.7 Å². The number of benzene rings is 2. The van der Waals surface area contributed by atoms with Gasteiger partial charge in [-0.25, -0.2) is 0 Å². The van der Waals surface area contributed by atoms with Crippen LogP contribution in [0.15, 0.2) is 53.4 Å². The van der Waals surface area contributed by atoms with Gasteiger partial charge in [0.15, 0.2) is 0 Å². The van der Waals surface area contributed by atoms with E-state index < -0.39 is 0 Å². The summed E-state index contributed by atoms with van der Waals surface area (Å²) in [5.41, 5.74) is 1.74. The van der Waals surface area contributed by atoms with Crippen molar-refractivity contribution in [1.29, 1.82) is 5.26 Å². The molecule has 0 spiro atoms. The molecule has 144 valence electrons. The third kappa shape index (κ3) is 5.14. The predicted molar refractivity (Wildman–Crippen MR) is 111 cm³/mol. The minimum Gasteiger partial charge on any atom is -0.338 e. The molecule has 2 amide bonds. The number of rotatable bonds is 5. The molecule has 28 heavy (non-hydrogen) atoms. The van der Waals surface area contributed by atoms with Gasteiger partial charge in [-0.2, -0.15) is 5.26 Å². The molecule has 1 saturated heterocycles. The number of amides is 2. The monoisotopic (exact) mass is 393 g/mol. The van der Waals surface area contributed by atoms with Crippen LogP contribution >= 0.6 is 11.8 Å². The zero-order valence-electron chi connectivity index (χ0n) is 15.9. The highest BCUT2D eigenvalue weighted by Crippen LogP contribution is 2.26. The Labute approximate surface area is 169 Å². The zero-order chi connectivity index (χ0) is 19.9. The highest BCUT2D eigenvalue weighted by Gasteiger charge is 2.23. The molecule has 5 nitrogen and oxygen atoms in total. The summed E-state index contributed by atoms with van der Waals surface area (Å²) in [5, 5.41) is 11.8. The summed E-state index contributed by atoms with van der Waals surface area (Å²) >= 11 is 1.35. The second kappa shape index (κ2) is 9.43. The molecule has 2 aromatic carbocycles. The maximum Gasteiger partial charge on any atom is 0.254 e. The van der Waals surface area contributed by atoms with E-state index in [9.17, 15) is 9.59 Å². The number of thioether (sulfide) groups is 1. The minimum absolute atomic E-state index is 0.0387. The number of likely N-dealkylation sites (tertiary alicyclic amines) is 1. The summed E-state index contributed by atoms with van der Waals surface area (Å²) in [4.78, 5) is 28.0. The number of carbonyl (C=O) groups excluding carboxylic acids is 2. The van der Waals surface area contributed by atoms with Crippen molar-refractivity contribution in [2.24, 2.45) is 5.92 Å². The summed E-state index contributed by atoms with van der Waals surface area (Å²) in [5.74, 6) is 0.579. The third-order valence-electron chi connectivity index (χ3n) is 4.70. The van der Waals surface area contributed by atoms with Crippen LogP contribution in [0, 0.1) is 17.2 Å². The molecular weight excluding hydrogens is 370 g/mol. The number of nitrogens with one attached hydrogen (secondary N) is 1. The summed E-state index contributed by atoms with van der Waals surface area (Å²) < 4.78 is 0. The lowest BCUT2D eigenvalue weighted by molar-refractivity contribution is -0.113. The van der Waals surface area contributed by atoms with E-state index in [0.29, 0.717) is 22.7 Å². The Morgan fingerprint density at radius 3 is 2.86 bits per heavy atom. The van der Waals surface area contributed by atoms with Crippen LogP contribution in [-0.4, -0.2) is 35.6 Å². The Hall–Kier alpha value is -2.78. The average Bonchev–Trinajstić information content (AvgIpc) is 2.72. The van der Waals surface area contributed by atoms with Gasteiger partial charge in [0.05, 0.1) is 22.9 Å². The van der Waals surface area contributed by atoms with Crippen LogP contribution in [-0.2, 0) is 4.79 Å². The van der Waals surface area contributed by atoms with E-state index in [4.69, 9.17) is 5.26 Å². The van der Waals surface area contributed by atoms with Crippen LogP contribution in [0.25, 0.3) is 0 Å². The summed E-state index contributed by atoms with van der Waals surface area (Å²) in [6, 6.07) is 16.3. The normalized spacial score (nSPS) is 16.3. The summed E-state index contributed by atoms with van der Waals surface area (Å²) in [7, 11) is 0. The van der Waals surface area contributed by atoms with Crippen LogP contribution in [0.2, 0.25) is 0 Å². The Balaban J connectivity index is 1.64. The molecule has 3 rings (SSSR count). The van der Waals surface area contributed by atoms with Gasteiger partial charge >= 0.3 is 0 Å². The number of nitrogens with zero attached hydrogens (tertiary/aromatic N) is 2. The van der Waals surface area contributed by atoms with Crippen LogP contribution in [0.3, 0.4) is 0 Å². The van der Waals surface area contributed by atoms with E-state index in [0.717, 1.165) is 30.8 Å². The molecule has 1 aliphatic rings. The SMILES string of the molecule is CC1CCCN(C(=O)c2ccccc2SCC(=O)Nc2cccc(C#N)c2)C1. The van der Waals surface area contributed by atoms with Crippen LogP contribution in [0.1, 0.15) is 35.7 Å². The first-order chi connectivity index (χ1) is 13.6. The molecule has 1 atom stereocenters. The molecule has 0 bridgehead atoms. The lowest BCUT2D eigenvalue weighted by Gasteiger charge is -2.31. The number of hydrogen-bond acceptors (Lipinski definition) is 4. The van der Waals surface area contributed by atoms with Crippen LogP contribution < -0.4 is 5.32 Å². The molecule has 1 heterocycles. The quantitative estimate of drug-likeness (QED) is 0.774. The first-order valence-corrected chi connectivity index (χ1v) is 10.4. The molecule has 2 aromatic rings. The average molecular weight is 394 g/mol. The topological polar surface area (TPSA) is 73.2 Å². The largest absolute Gasteiger partial charge is 0.338 e. The molecule has 0 aliphatic carbocycles. The minimum atomic E-state index is -0.172. The van der Waals surface area contributed by atoms with Crippen molar-refractivity contribution in [3.8, 4) is 6.07 Å². The third-order valence-corrected chi connectivity index (χ3v) is 5.77. The van der Waals surface area contributed by atoms with Gasteiger partial charge in [0.25, 0.3) is 5.91 Å². The first-order valence-electron chi connectivity index (χ1n) is 9.38. The molecular formula is C22H23N3O2S. The summed E-state index contributed by atoms with van der Waals surface area (Å²) in [6.45, 7) is 3.75. The highest BCUT2D eigenvalue weighted by molar-refractivity contribution is 8.00. The van der Waals surface area contributed by atoms with Crippen molar-refractivity contribution >= 4 is 29.3 Å². The Morgan fingerprint density at radius 2 is 2.07 bits per heavy atom. The Morgan fingerprint density at radius 1 is 1.25 bits per heavy atom. The number of hydrogen-bond donors (Lipinski definition) is 1. The fourth-order valence-corrected chi connectivity index (χ4v) is 4.16. The van der Waals surface area contributed by atoms with Gasteiger partial charge in [-0.05, 0) is 49.1 Å². The van der Waals surface area contributed by atoms with Crippen molar-refractivity contribution < 1.29 is 9.59 Å². The van der Waals surface area contributed by atoms with Gasteiger partial charge in [0, 0.05) is 23.7 Å². The van der Waals surface area contributed by atoms with Crippen molar-refractivity contribution in [2.45, 2.75) is 24.7 Å². The number of nitriles is 1. The maximum atomic E-state index is 13.0. The van der Waals surface area contributed by atoms with E-state index in [1.54, 1.807) is 24.3 Å². The highest BCUT2D eigenvalue weighted by atomic mass is 32.2. The van der Waals surface area contributed by atoms with Gasteiger partial charge in [0.1, 0.15) is 0 Å². The van der Waals surface area contributed by atoms with Gasteiger partial charge in [0.2, 0.25) is 5.91 Å². The van der Waals surface area contributed by atoms with Crippen LogP contribution in [0.5, 0.6) is 0 Å². The molecule has 1 fully saturated rings.